The molecule has 7 nitrogen and oxygen atoms in total. The molecular weight excluding hydrogens is 378 g/mol. The Bertz CT molecular complexity index is 830. The van der Waals surface area contributed by atoms with E-state index >= 15 is 0 Å². The van der Waals surface area contributed by atoms with Crippen LogP contribution in [-0.4, -0.2) is 78.9 Å². The van der Waals surface area contributed by atoms with Gasteiger partial charge in [-0.3, -0.25) is 9.59 Å². The lowest BCUT2D eigenvalue weighted by Crippen LogP contribution is -2.55. The molecule has 0 radical (unpaired) electrons. The predicted molar refractivity (Wildman–Crippen MR) is 105 cm³/mol. The van der Waals surface area contributed by atoms with Gasteiger partial charge < -0.3 is 9.80 Å². The molecule has 28 heavy (non-hydrogen) atoms. The van der Waals surface area contributed by atoms with Gasteiger partial charge in [-0.25, -0.2) is 8.42 Å². The van der Waals surface area contributed by atoms with Gasteiger partial charge >= 0.3 is 0 Å². The van der Waals surface area contributed by atoms with Gasteiger partial charge in [-0.15, -0.1) is 0 Å². The molecule has 4 rings (SSSR count). The summed E-state index contributed by atoms with van der Waals surface area (Å²) in [6, 6.07) is 9.00. The lowest BCUT2D eigenvalue weighted by molar-refractivity contribution is -0.133. The molecule has 1 aromatic carbocycles. The molecule has 2 aliphatic heterocycles. The molecule has 3 fully saturated rings. The Morgan fingerprint density at radius 2 is 1.54 bits per heavy atom. The summed E-state index contributed by atoms with van der Waals surface area (Å²) in [7, 11) is -3.49. The van der Waals surface area contributed by atoms with Gasteiger partial charge in [0, 0.05) is 50.7 Å². The minimum atomic E-state index is -3.49. The maximum Gasteiger partial charge on any atom is 0.253 e. The molecule has 0 bridgehead atoms. The molecule has 2 heterocycles. The monoisotopic (exact) mass is 405 g/mol. The van der Waals surface area contributed by atoms with E-state index in [1.165, 1.54) is 4.31 Å². The fourth-order valence-electron chi connectivity index (χ4n) is 4.09. The fraction of sp³-hybridized carbons (Fsp3) is 0.600. The standard InChI is InChI=1S/C20H27N3O4S/c24-19(17-8-9-17)21-11-13-23(14-12-21)28(26,27)18-7-4-10-22(15-18)20(25)16-5-2-1-3-6-16/h1-3,5-6,17-18H,4,7-15H2/t18-/m0/s1. The fourth-order valence-corrected chi connectivity index (χ4v) is 6.02. The summed E-state index contributed by atoms with van der Waals surface area (Å²) >= 11 is 0. The molecule has 0 N–H and O–H groups in total. The largest absolute Gasteiger partial charge is 0.340 e. The number of carbonyl (C=O) groups excluding carboxylic acids is 2. The quantitative estimate of drug-likeness (QED) is 0.754. The van der Waals surface area contributed by atoms with E-state index in [2.05, 4.69) is 0 Å². The average molecular weight is 406 g/mol. The van der Waals surface area contributed by atoms with Gasteiger partial charge in [0.15, 0.2) is 0 Å². The van der Waals surface area contributed by atoms with Gasteiger partial charge in [-0.2, -0.15) is 4.31 Å². The van der Waals surface area contributed by atoms with E-state index in [-0.39, 0.29) is 24.3 Å². The van der Waals surface area contributed by atoms with Crippen LogP contribution in [0.25, 0.3) is 0 Å². The second kappa shape index (κ2) is 7.83. The van der Waals surface area contributed by atoms with E-state index in [0.717, 1.165) is 12.8 Å². The molecule has 152 valence electrons. The molecule has 0 aromatic heterocycles. The van der Waals surface area contributed by atoms with Crippen molar-refractivity contribution in [3.05, 3.63) is 35.9 Å². The number of piperazine rings is 1. The Morgan fingerprint density at radius 3 is 2.18 bits per heavy atom. The van der Waals surface area contributed by atoms with Crippen LogP contribution in [0.5, 0.6) is 0 Å². The zero-order valence-electron chi connectivity index (χ0n) is 16.0. The van der Waals surface area contributed by atoms with Gasteiger partial charge in [-0.1, -0.05) is 18.2 Å². The molecule has 0 spiro atoms. The van der Waals surface area contributed by atoms with Crippen LogP contribution in [0.3, 0.4) is 0 Å². The van der Waals surface area contributed by atoms with Crippen LogP contribution in [0.1, 0.15) is 36.0 Å². The van der Waals surface area contributed by atoms with E-state index in [0.29, 0.717) is 51.1 Å². The molecule has 1 aliphatic carbocycles. The SMILES string of the molecule is O=C(c1ccccc1)N1CCC[C@H](S(=O)(=O)N2CCN(C(=O)C3CC3)CC2)C1. The molecule has 1 atom stereocenters. The Morgan fingerprint density at radius 1 is 0.857 bits per heavy atom. The van der Waals surface area contributed by atoms with Crippen molar-refractivity contribution in [1.29, 1.82) is 0 Å². The van der Waals surface area contributed by atoms with Crippen molar-refractivity contribution in [2.45, 2.75) is 30.9 Å². The lowest BCUT2D eigenvalue weighted by atomic mass is 10.1. The zero-order chi connectivity index (χ0) is 19.7. The molecule has 1 aromatic rings. The molecule has 0 unspecified atom stereocenters. The second-order valence-corrected chi connectivity index (χ2v) is 10.1. The minimum Gasteiger partial charge on any atom is -0.340 e. The number of piperidine rings is 1. The highest BCUT2D eigenvalue weighted by molar-refractivity contribution is 7.89. The summed E-state index contributed by atoms with van der Waals surface area (Å²) in [5, 5.41) is -0.570. The number of amides is 2. The second-order valence-electron chi connectivity index (χ2n) is 7.92. The van der Waals surface area contributed by atoms with Crippen LogP contribution in [0.2, 0.25) is 0 Å². The van der Waals surface area contributed by atoms with Crippen molar-refractivity contribution >= 4 is 21.8 Å². The molecule has 8 heteroatoms. The first-order chi connectivity index (χ1) is 13.5. The Balaban J connectivity index is 1.38. The van der Waals surface area contributed by atoms with Crippen LogP contribution >= 0.6 is 0 Å². The van der Waals surface area contributed by atoms with Crippen LogP contribution in [0, 0.1) is 5.92 Å². The maximum atomic E-state index is 13.2. The van der Waals surface area contributed by atoms with E-state index in [1.54, 1.807) is 21.9 Å². The number of likely N-dealkylation sites (tertiary alicyclic amines) is 1. The highest BCUT2D eigenvalue weighted by Gasteiger charge is 2.40. The van der Waals surface area contributed by atoms with E-state index in [1.807, 2.05) is 18.2 Å². The van der Waals surface area contributed by atoms with Gasteiger partial charge in [0.1, 0.15) is 0 Å². The number of hydrogen-bond donors (Lipinski definition) is 0. The number of hydrogen-bond acceptors (Lipinski definition) is 4. The average Bonchev–Trinajstić information content (AvgIpc) is 3.59. The highest BCUT2D eigenvalue weighted by atomic mass is 32.2. The summed E-state index contributed by atoms with van der Waals surface area (Å²) in [5.74, 6) is 0.230. The number of sulfonamides is 1. The first-order valence-electron chi connectivity index (χ1n) is 10.1. The molecule has 1 saturated carbocycles. The Hall–Kier alpha value is -1.93. The lowest BCUT2D eigenvalue weighted by Gasteiger charge is -2.39. The Kier molecular flexibility index (Phi) is 5.42. The minimum absolute atomic E-state index is 0.111. The third-order valence-electron chi connectivity index (χ3n) is 5.94. The van der Waals surface area contributed by atoms with Crippen molar-refractivity contribution in [3.63, 3.8) is 0 Å². The third-order valence-corrected chi connectivity index (χ3v) is 8.26. The molecule has 2 amide bonds. The number of nitrogens with zero attached hydrogens (tertiary/aromatic N) is 3. The van der Waals surface area contributed by atoms with Gasteiger partial charge in [0.25, 0.3) is 5.91 Å². The van der Waals surface area contributed by atoms with Crippen molar-refractivity contribution in [1.82, 2.24) is 14.1 Å². The number of benzene rings is 1. The summed E-state index contributed by atoms with van der Waals surface area (Å²) in [6.45, 7) is 2.45. The van der Waals surface area contributed by atoms with Gasteiger partial charge in [0.2, 0.25) is 15.9 Å². The smallest absolute Gasteiger partial charge is 0.253 e. The molecular formula is C20H27N3O4S. The molecule has 2 saturated heterocycles. The van der Waals surface area contributed by atoms with Crippen LogP contribution in [0.4, 0.5) is 0 Å². The van der Waals surface area contributed by atoms with Crippen molar-refractivity contribution < 1.29 is 18.0 Å². The van der Waals surface area contributed by atoms with Gasteiger partial charge in [-0.05, 0) is 37.8 Å². The van der Waals surface area contributed by atoms with Crippen molar-refractivity contribution in [2.24, 2.45) is 5.92 Å². The molecule has 3 aliphatic rings. The van der Waals surface area contributed by atoms with Crippen molar-refractivity contribution in [2.75, 3.05) is 39.3 Å². The van der Waals surface area contributed by atoms with Crippen molar-refractivity contribution in [3.8, 4) is 0 Å². The van der Waals surface area contributed by atoms with Crippen LogP contribution in [0.15, 0.2) is 30.3 Å². The summed E-state index contributed by atoms with van der Waals surface area (Å²) < 4.78 is 27.8. The summed E-state index contributed by atoms with van der Waals surface area (Å²) in [6.07, 6.45) is 3.18. The maximum absolute atomic E-state index is 13.2. The normalized spacial score (nSPS) is 24.2. The summed E-state index contributed by atoms with van der Waals surface area (Å²) in [5.41, 5.74) is 0.591. The van der Waals surface area contributed by atoms with Crippen LogP contribution in [-0.2, 0) is 14.8 Å². The van der Waals surface area contributed by atoms with E-state index < -0.39 is 15.3 Å². The Labute approximate surface area is 166 Å². The topological polar surface area (TPSA) is 78.0 Å². The summed E-state index contributed by atoms with van der Waals surface area (Å²) in [4.78, 5) is 28.4. The number of carbonyl (C=O) groups is 2. The zero-order valence-corrected chi connectivity index (χ0v) is 16.8. The van der Waals surface area contributed by atoms with Gasteiger partial charge in [0.05, 0.1) is 5.25 Å². The number of rotatable bonds is 4. The highest BCUT2D eigenvalue weighted by Crippen LogP contribution is 2.31. The van der Waals surface area contributed by atoms with Crippen LogP contribution < -0.4 is 0 Å². The third kappa shape index (κ3) is 3.93. The van der Waals surface area contributed by atoms with E-state index in [4.69, 9.17) is 0 Å². The first kappa shape index (κ1) is 19.4. The van der Waals surface area contributed by atoms with E-state index in [9.17, 15) is 18.0 Å². The predicted octanol–water partition coefficient (Wildman–Crippen LogP) is 1.18. The first-order valence-corrected chi connectivity index (χ1v) is 11.6.